The van der Waals surface area contributed by atoms with Crippen molar-refractivity contribution in [3.63, 3.8) is 0 Å². The van der Waals surface area contributed by atoms with Crippen molar-refractivity contribution >= 4 is 45.4 Å². The van der Waals surface area contributed by atoms with E-state index >= 15 is 0 Å². The Labute approximate surface area is 220 Å². The van der Waals surface area contributed by atoms with Crippen LogP contribution < -0.4 is 20.4 Å². The summed E-state index contributed by atoms with van der Waals surface area (Å²) in [5, 5.41) is 44.8. The van der Waals surface area contributed by atoms with Gasteiger partial charge in [0.15, 0.2) is 0 Å². The fraction of sp³-hybridized carbons (Fsp3) is 0. The predicted octanol–water partition coefficient (Wildman–Crippen LogP) is -0.866. The van der Waals surface area contributed by atoms with Gasteiger partial charge in [-0.15, -0.1) is 0 Å². The number of carboxylic acid groups (broad SMARTS) is 4. The van der Waals surface area contributed by atoms with Crippen LogP contribution >= 0.6 is 0 Å². The summed E-state index contributed by atoms with van der Waals surface area (Å²) >= 11 is 0. The van der Waals surface area contributed by atoms with Gasteiger partial charge in [0, 0.05) is 22.3 Å². The SMILES string of the molecule is O=C([O-])c1cccc2cccc(C(=O)[O-])c12.O=C([O-])c1cccc2cccc(C(=O)[O-])c12.[Ce+4]. The molecule has 0 bridgehead atoms. The van der Waals surface area contributed by atoms with Gasteiger partial charge in [-0.25, -0.2) is 0 Å². The number of carbonyl (C=O) groups excluding carboxylic acids is 4. The Balaban J connectivity index is 0.000000227. The van der Waals surface area contributed by atoms with Gasteiger partial charge in [-0.1, -0.05) is 72.8 Å². The molecule has 0 atom stereocenters. The van der Waals surface area contributed by atoms with Gasteiger partial charge < -0.3 is 39.6 Å². The molecule has 160 valence electrons. The third-order valence-corrected chi connectivity index (χ3v) is 4.69. The molecule has 0 fully saturated rings. The number of hydrogen-bond donors (Lipinski definition) is 0. The van der Waals surface area contributed by atoms with Crippen LogP contribution in [-0.2, 0) is 0 Å². The second-order valence-corrected chi connectivity index (χ2v) is 6.57. The Morgan fingerprint density at radius 2 is 0.636 bits per heavy atom. The van der Waals surface area contributed by atoms with Crippen molar-refractivity contribution in [2.24, 2.45) is 0 Å². The molecule has 8 nitrogen and oxygen atoms in total. The van der Waals surface area contributed by atoms with Gasteiger partial charge in [0.2, 0.25) is 0 Å². The van der Waals surface area contributed by atoms with E-state index in [4.69, 9.17) is 0 Å². The summed E-state index contributed by atoms with van der Waals surface area (Å²) in [4.78, 5) is 43.5. The molecule has 0 saturated heterocycles. The minimum Gasteiger partial charge on any atom is -0.545 e. The first kappa shape index (κ1) is 25.9. The third-order valence-electron chi connectivity index (χ3n) is 4.69. The standard InChI is InChI=1S/2C12H8O4.Ce/c2*13-11(14)8-5-1-3-7-4-2-6-9(10(7)8)12(15)16;/h2*1-6H,(H,13,14)(H,15,16);/q;;+4/p-4. The van der Waals surface area contributed by atoms with Crippen LogP contribution in [0.4, 0.5) is 0 Å². The second kappa shape index (κ2) is 11.0. The molecule has 0 N–H and O–H groups in total. The smallest absolute Gasteiger partial charge is 0.545 e. The Morgan fingerprint density at radius 3 is 0.818 bits per heavy atom. The zero-order chi connectivity index (χ0) is 23.4. The summed E-state index contributed by atoms with van der Waals surface area (Å²) in [5.74, 6) is -5.61. The maximum atomic E-state index is 10.9. The van der Waals surface area contributed by atoms with Gasteiger partial charge >= 0.3 is 41.7 Å². The molecule has 4 rings (SSSR count). The van der Waals surface area contributed by atoms with Crippen LogP contribution in [0, 0.1) is 41.7 Å². The number of rotatable bonds is 4. The minimum absolute atomic E-state index is 0. The monoisotopic (exact) mass is 568 g/mol. The molecule has 0 aliphatic heterocycles. The van der Waals surface area contributed by atoms with E-state index in [1.165, 1.54) is 48.5 Å². The van der Waals surface area contributed by atoms with Crippen LogP contribution in [0.25, 0.3) is 21.5 Å². The zero-order valence-electron chi connectivity index (χ0n) is 16.7. The second-order valence-electron chi connectivity index (χ2n) is 6.57. The average molecular weight is 568 g/mol. The van der Waals surface area contributed by atoms with Gasteiger partial charge in [0.1, 0.15) is 0 Å². The first-order valence-electron chi connectivity index (χ1n) is 9.11. The van der Waals surface area contributed by atoms with Crippen molar-refractivity contribution in [1.82, 2.24) is 0 Å². The van der Waals surface area contributed by atoms with Gasteiger partial charge in [0.05, 0.1) is 23.9 Å². The largest absolute Gasteiger partial charge is 4.00 e. The average Bonchev–Trinajstić information content (AvgIpc) is 2.77. The molecule has 0 aliphatic rings. The molecule has 0 unspecified atom stereocenters. The molecule has 0 amide bonds. The predicted molar refractivity (Wildman–Crippen MR) is 105 cm³/mol. The summed E-state index contributed by atoms with van der Waals surface area (Å²) in [5.41, 5.74) is -0.566. The Kier molecular flexibility index (Phi) is 8.63. The molecule has 0 spiro atoms. The summed E-state index contributed by atoms with van der Waals surface area (Å²) in [6, 6.07) is 17.9. The van der Waals surface area contributed by atoms with Crippen molar-refractivity contribution in [1.29, 1.82) is 0 Å². The van der Waals surface area contributed by atoms with E-state index < -0.39 is 23.9 Å². The molecule has 0 saturated carbocycles. The van der Waals surface area contributed by atoms with Gasteiger partial charge in [-0.05, 0) is 21.5 Å². The number of benzene rings is 4. The third kappa shape index (κ3) is 5.53. The Morgan fingerprint density at radius 1 is 0.424 bits per heavy atom. The van der Waals surface area contributed by atoms with Crippen LogP contribution in [0.2, 0.25) is 0 Å². The maximum Gasteiger partial charge on any atom is 4.00 e. The molecule has 33 heavy (non-hydrogen) atoms. The number of carbonyl (C=O) groups is 4. The maximum absolute atomic E-state index is 10.9. The number of carboxylic acids is 4. The Hall–Kier alpha value is -3.34. The minimum atomic E-state index is -1.40. The topological polar surface area (TPSA) is 161 Å². The van der Waals surface area contributed by atoms with Crippen LogP contribution in [0.5, 0.6) is 0 Å². The van der Waals surface area contributed by atoms with Crippen molar-refractivity contribution in [3.8, 4) is 0 Å². The van der Waals surface area contributed by atoms with Crippen LogP contribution in [-0.4, -0.2) is 23.9 Å². The van der Waals surface area contributed by atoms with Gasteiger partial charge in [-0.3, -0.25) is 0 Å². The number of aromatic carboxylic acids is 4. The summed E-state index contributed by atoms with van der Waals surface area (Å²) in [6.07, 6.45) is 0. The summed E-state index contributed by atoms with van der Waals surface area (Å²) < 4.78 is 0. The van der Waals surface area contributed by atoms with Crippen LogP contribution in [0.1, 0.15) is 41.4 Å². The molecule has 0 heterocycles. The first-order chi connectivity index (χ1) is 15.2. The fourth-order valence-corrected chi connectivity index (χ4v) is 3.36. The van der Waals surface area contributed by atoms with E-state index in [1.807, 2.05) is 0 Å². The van der Waals surface area contributed by atoms with Gasteiger partial charge in [-0.2, -0.15) is 0 Å². The fourth-order valence-electron chi connectivity index (χ4n) is 3.36. The molecule has 0 aliphatic carbocycles. The van der Waals surface area contributed by atoms with E-state index in [2.05, 4.69) is 0 Å². The normalized spacial score (nSPS) is 9.94. The molecule has 9 heteroatoms. The quantitative estimate of drug-likeness (QED) is 0.307. The Bertz CT molecular complexity index is 1190. The van der Waals surface area contributed by atoms with E-state index in [1.54, 1.807) is 24.3 Å². The van der Waals surface area contributed by atoms with Crippen molar-refractivity contribution in [3.05, 3.63) is 95.1 Å². The summed E-state index contributed by atoms with van der Waals surface area (Å²) in [7, 11) is 0. The van der Waals surface area contributed by atoms with Crippen LogP contribution in [0.15, 0.2) is 72.8 Å². The van der Waals surface area contributed by atoms with E-state index in [0.717, 1.165) is 0 Å². The van der Waals surface area contributed by atoms with Crippen molar-refractivity contribution < 1.29 is 81.4 Å². The molecule has 4 aromatic carbocycles. The molecular weight excluding hydrogens is 556 g/mol. The first-order valence-corrected chi connectivity index (χ1v) is 9.11. The number of hydrogen-bond acceptors (Lipinski definition) is 8. The van der Waals surface area contributed by atoms with Crippen LogP contribution in [0.3, 0.4) is 0 Å². The number of fused-ring (bicyclic) bond motifs is 2. The molecule has 4 aromatic rings. The van der Waals surface area contributed by atoms with E-state index in [0.29, 0.717) is 10.8 Å². The molecule has 0 aromatic heterocycles. The molecular formula is C24H12CeO8. The van der Waals surface area contributed by atoms with Crippen molar-refractivity contribution in [2.45, 2.75) is 0 Å². The molecule has 0 radical (unpaired) electrons. The summed E-state index contributed by atoms with van der Waals surface area (Å²) in [6.45, 7) is 0. The zero-order valence-corrected chi connectivity index (χ0v) is 19.8. The van der Waals surface area contributed by atoms with Crippen molar-refractivity contribution in [2.75, 3.05) is 0 Å². The van der Waals surface area contributed by atoms with Gasteiger partial charge in [0.25, 0.3) is 0 Å². The van der Waals surface area contributed by atoms with E-state index in [-0.39, 0.29) is 74.8 Å². The van der Waals surface area contributed by atoms with E-state index in [9.17, 15) is 39.6 Å².